The number of carbonyl (C=O) groups is 1. The summed E-state index contributed by atoms with van der Waals surface area (Å²) in [6, 6.07) is 5.86. The van der Waals surface area contributed by atoms with Crippen LogP contribution in [0.1, 0.15) is 38.8 Å². The Morgan fingerprint density at radius 2 is 2.42 bits per heavy atom. The number of aryl methyl sites for hydroxylation is 1. The number of nitrogens with zero attached hydrogens (tertiary/aromatic N) is 2. The summed E-state index contributed by atoms with van der Waals surface area (Å²) in [6.07, 6.45) is 2.38. The van der Waals surface area contributed by atoms with Gasteiger partial charge in [0.05, 0.1) is 12.6 Å². The predicted molar refractivity (Wildman–Crippen MR) is 92.1 cm³/mol. The van der Waals surface area contributed by atoms with Gasteiger partial charge in [0.2, 0.25) is 0 Å². The summed E-state index contributed by atoms with van der Waals surface area (Å²) in [5.74, 6) is 0.445. The van der Waals surface area contributed by atoms with Gasteiger partial charge in [-0.25, -0.2) is 0 Å². The number of aromatic nitrogens is 1. The van der Waals surface area contributed by atoms with Gasteiger partial charge in [0.15, 0.2) is 11.5 Å². The van der Waals surface area contributed by atoms with Crippen LogP contribution in [-0.2, 0) is 13.0 Å². The van der Waals surface area contributed by atoms with E-state index in [-0.39, 0.29) is 12.0 Å². The highest BCUT2D eigenvalue weighted by atomic mass is 32.1. The molecule has 1 saturated heterocycles. The Balaban J connectivity index is 1.46. The molecule has 3 heterocycles. The van der Waals surface area contributed by atoms with Crippen LogP contribution in [0.5, 0.6) is 0 Å². The van der Waals surface area contributed by atoms with E-state index in [1.807, 2.05) is 0 Å². The topological polar surface area (TPSA) is 78.6 Å². The molecule has 0 aromatic carbocycles. The summed E-state index contributed by atoms with van der Waals surface area (Å²) < 4.78 is 5.26. The van der Waals surface area contributed by atoms with Crippen molar-refractivity contribution in [2.45, 2.75) is 38.8 Å². The van der Waals surface area contributed by atoms with E-state index in [1.165, 1.54) is 9.75 Å². The van der Waals surface area contributed by atoms with Gasteiger partial charge in [0, 0.05) is 28.9 Å². The molecule has 3 rings (SSSR count). The minimum atomic E-state index is -0.273. The molecule has 2 aromatic rings. The fraction of sp³-hybridized carbons (Fsp3) is 0.529. The second-order valence-electron chi connectivity index (χ2n) is 6.23. The molecule has 0 radical (unpaired) electrons. The molecular weight excluding hydrogens is 326 g/mol. The molecule has 1 fully saturated rings. The van der Waals surface area contributed by atoms with E-state index in [1.54, 1.807) is 17.4 Å². The smallest absolute Gasteiger partial charge is 0.273 e. The van der Waals surface area contributed by atoms with Crippen LogP contribution >= 0.6 is 11.3 Å². The zero-order chi connectivity index (χ0) is 16.9. The largest absolute Gasteiger partial charge is 0.392 e. The number of aliphatic hydroxyl groups is 1. The van der Waals surface area contributed by atoms with E-state index >= 15 is 0 Å². The van der Waals surface area contributed by atoms with Gasteiger partial charge < -0.3 is 14.9 Å². The van der Waals surface area contributed by atoms with Crippen LogP contribution in [0, 0.1) is 6.92 Å². The number of likely N-dealkylation sites (tertiary alicyclic amines) is 1. The Morgan fingerprint density at radius 1 is 1.54 bits per heavy atom. The fourth-order valence-corrected chi connectivity index (χ4v) is 3.79. The molecule has 1 aliphatic rings. The van der Waals surface area contributed by atoms with Crippen molar-refractivity contribution in [3.63, 3.8) is 0 Å². The van der Waals surface area contributed by atoms with Gasteiger partial charge in [-0.1, -0.05) is 5.16 Å². The molecule has 1 atom stereocenters. The van der Waals surface area contributed by atoms with Crippen LogP contribution in [0.15, 0.2) is 22.7 Å². The lowest BCUT2D eigenvalue weighted by molar-refractivity contribution is 0.0622. The standard InChI is InChI=1S/C17H23N3O3S/c1-12-4-5-15(24-12)6-7-18-17(22)16-9-14(23-19-16)11-20-8-2-3-13(21)10-20/h4-5,9,13,21H,2-3,6-8,10-11H2,1H3,(H,18,22)/t13-/m1/s1. The van der Waals surface area contributed by atoms with Crippen molar-refractivity contribution in [3.8, 4) is 0 Å². The van der Waals surface area contributed by atoms with Gasteiger partial charge in [-0.2, -0.15) is 0 Å². The highest BCUT2D eigenvalue weighted by Crippen LogP contribution is 2.16. The summed E-state index contributed by atoms with van der Waals surface area (Å²) in [5, 5.41) is 16.4. The molecule has 0 spiro atoms. The van der Waals surface area contributed by atoms with Gasteiger partial charge in [0.25, 0.3) is 5.91 Å². The van der Waals surface area contributed by atoms with Gasteiger partial charge in [-0.05, 0) is 44.9 Å². The second-order valence-corrected chi connectivity index (χ2v) is 7.60. The van der Waals surface area contributed by atoms with Gasteiger partial charge in [-0.3, -0.25) is 9.69 Å². The monoisotopic (exact) mass is 349 g/mol. The summed E-state index contributed by atoms with van der Waals surface area (Å²) in [6.45, 7) is 4.80. The zero-order valence-corrected chi connectivity index (χ0v) is 14.6. The number of aliphatic hydroxyl groups excluding tert-OH is 1. The van der Waals surface area contributed by atoms with Crippen LogP contribution in [-0.4, -0.2) is 46.8 Å². The maximum absolute atomic E-state index is 12.1. The number of thiophene rings is 1. The molecule has 0 aliphatic carbocycles. The summed E-state index contributed by atoms with van der Waals surface area (Å²) in [5.41, 5.74) is 0.310. The quantitative estimate of drug-likeness (QED) is 0.834. The molecule has 1 aliphatic heterocycles. The fourth-order valence-electron chi connectivity index (χ4n) is 2.90. The normalized spacial score (nSPS) is 18.7. The minimum Gasteiger partial charge on any atom is -0.392 e. The Bertz CT molecular complexity index is 682. The average molecular weight is 349 g/mol. The van der Waals surface area contributed by atoms with Crippen LogP contribution in [0.25, 0.3) is 0 Å². The maximum atomic E-state index is 12.1. The third-order valence-electron chi connectivity index (χ3n) is 4.10. The maximum Gasteiger partial charge on any atom is 0.273 e. The van der Waals surface area contributed by atoms with Crippen molar-refractivity contribution in [1.29, 1.82) is 0 Å². The molecule has 24 heavy (non-hydrogen) atoms. The van der Waals surface area contributed by atoms with E-state index in [0.29, 0.717) is 31.1 Å². The number of β-amino-alcohol motifs (C(OH)–C–C–N with tert-alkyl or cyclic N) is 1. The van der Waals surface area contributed by atoms with E-state index in [2.05, 4.69) is 34.4 Å². The van der Waals surface area contributed by atoms with Gasteiger partial charge in [0.1, 0.15) is 0 Å². The summed E-state index contributed by atoms with van der Waals surface area (Å²) >= 11 is 1.75. The van der Waals surface area contributed by atoms with Crippen molar-refractivity contribution >= 4 is 17.2 Å². The molecule has 2 aromatic heterocycles. The third-order valence-corrected chi connectivity index (χ3v) is 5.17. The SMILES string of the molecule is Cc1ccc(CCNC(=O)c2cc(CN3CCC[C@@H](O)C3)on2)s1. The number of nitrogens with one attached hydrogen (secondary N) is 1. The molecule has 7 heteroatoms. The lowest BCUT2D eigenvalue weighted by Crippen LogP contribution is -2.37. The average Bonchev–Trinajstić information content (AvgIpc) is 3.16. The highest BCUT2D eigenvalue weighted by Gasteiger charge is 2.20. The van der Waals surface area contributed by atoms with E-state index in [9.17, 15) is 9.90 Å². The van der Waals surface area contributed by atoms with E-state index in [0.717, 1.165) is 25.8 Å². The first kappa shape index (κ1) is 17.1. The third kappa shape index (κ3) is 4.66. The summed E-state index contributed by atoms with van der Waals surface area (Å²) in [7, 11) is 0. The first-order chi connectivity index (χ1) is 11.6. The lowest BCUT2D eigenvalue weighted by atomic mass is 10.1. The van der Waals surface area contributed by atoms with Crippen molar-refractivity contribution < 1.29 is 14.4 Å². The molecule has 6 nitrogen and oxygen atoms in total. The summed E-state index contributed by atoms with van der Waals surface area (Å²) in [4.78, 5) is 16.8. The molecule has 2 N–H and O–H groups in total. The number of piperidine rings is 1. The van der Waals surface area contributed by atoms with Crippen LogP contribution in [0.4, 0.5) is 0 Å². The Morgan fingerprint density at radius 3 is 3.17 bits per heavy atom. The number of rotatable bonds is 6. The van der Waals surface area contributed by atoms with Gasteiger partial charge >= 0.3 is 0 Å². The molecule has 0 saturated carbocycles. The number of hydrogen-bond donors (Lipinski definition) is 2. The molecule has 130 valence electrons. The highest BCUT2D eigenvalue weighted by molar-refractivity contribution is 7.11. The van der Waals surface area contributed by atoms with Crippen LogP contribution in [0.3, 0.4) is 0 Å². The first-order valence-corrected chi connectivity index (χ1v) is 9.11. The number of carbonyl (C=O) groups excluding carboxylic acids is 1. The van der Waals surface area contributed by atoms with Crippen molar-refractivity contribution in [1.82, 2.24) is 15.4 Å². The second kappa shape index (κ2) is 7.92. The van der Waals surface area contributed by atoms with Crippen molar-refractivity contribution in [3.05, 3.63) is 39.4 Å². The van der Waals surface area contributed by atoms with Crippen molar-refractivity contribution in [2.24, 2.45) is 0 Å². The molecule has 1 amide bonds. The molecular formula is C17H23N3O3S. The van der Waals surface area contributed by atoms with E-state index < -0.39 is 0 Å². The molecule has 0 bridgehead atoms. The minimum absolute atomic E-state index is 0.211. The first-order valence-electron chi connectivity index (χ1n) is 8.29. The number of amides is 1. The number of hydrogen-bond acceptors (Lipinski definition) is 6. The Kier molecular flexibility index (Phi) is 5.65. The van der Waals surface area contributed by atoms with E-state index in [4.69, 9.17) is 4.52 Å². The predicted octanol–water partition coefficient (Wildman–Crippen LogP) is 1.97. The lowest BCUT2D eigenvalue weighted by Gasteiger charge is -2.28. The molecule has 0 unspecified atom stereocenters. The zero-order valence-electron chi connectivity index (χ0n) is 13.8. The van der Waals surface area contributed by atoms with Crippen LogP contribution in [0.2, 0.25) is 0 Å². The van der Waals surface area contributed by atoms with Gasteiger partial charge in [-0.15, -0.1) is 11.3 Å². The Labute approximate surface area is 145 Å². The van der Waals surface area contributed by atoms with Crippen LogP contribution < -0.4 is 5.32 Å². The Hall–Kier alpha value is -1.70. The van der Waals surface area contributed by atoms with Crippen molar-refractivity contribution in [2.75, 3.05) is 19.6 Å².